The summed E-state index contributed by atoms with van der Waals surface area (Å²) in [6.07, 6.45) is 3.38. The van der Waals surface area contributed by atoms with Crippen molar-refractivity contribution in [2.45, 2.75) is 6.92 Å². The zero-order chi connectivity index (χ0) is 13.8. The molecule has 0 saturated carbocycles. The van der Waals surface area contributed by atoms with Crippen LogP contribution in [0.4, 0.5) is 5.69 Å². The molecule has 6 nitrogen and oxygen atoms in total. The standard InChI is InChI=1S/C13H14N4O2/c1-8(12(14)17-19)13(18)16-11-4-2-3-9-7-15-6-5-10(9)11/h2-8,19H,1H3,(H2,14,17)(H,16,18). The first-order valence-corrected chi connectivity index (χ1v) is 5.74. The second kappa shape index (κ2) is 5.34. The highest BCUT2D eigenvalue weighted by Gasteiger charge is 2.18. The molecule has 2 rings (SSSR count). The van der Waals surface area contributed by atoms with Crippen molar-refractivity contribution in [1.82, 2.24) is 4.98 Å². The second-order valence-corrected chi connectivity index (χ2v) is 4.14. The number of hydrogen-bond donors (Lipinski definition) is 3. The molecule has 0 aliphatic carbocycles. The minimum Gasteiger partial charge on any atom is -0.409 e. The van der Waals surface area contributed by atoms with Gasteiger partial charge in [-0.3, -0.25) is 9.78 Å². The van der Waals surface area contributed by atoms with Crippen LogP contribution in [-0.2, 0) is 4.79 Å². The Hall–Kier alpha value is -2.63. The van der Waals surface area contributed by atoms with Gasteiger partial charge in [-0.2, -0.15) is 0 Å². The average Bonchev–Trinajstić information content (AvgIpc) is 2.46. The molecule has 2 aromatic rings. The number of aromatic nitrogens is 1. The summed E-state index contributed by atoms with van der Waals surface area (Å²) in [6, 6.07) is 7.34. The maximum Gasteiger partial charge on any atom is 0.234 e. The summed E-state index contributed by atoms with van der Waals surface area (Å²) in [4.78, 5) is 16.0. The summed E-state index contributed by atoms with van der Waals surface area (Å²) >= 11 is 0. The number of nitrogens with one attached hydrogen (secondary N) is 1. The lowest BCUT2D eigenvalue weighted by Crippen LogP contribution is -2.32. The molecule has 0 aliphatic heterocycles. The number of carbonyl (C=O) groups is 1. The fraction of sp³-hybridized carbons (Fsp3) is 0.154. The van der Waals surface area contributed by atoms with Crippen LogP contribution in [0, 0.1) is 5.92 Å². The number of fused-ring (bicyclic) bond motifs is 1. The second-order valence-electron chi connectivity index (χ2n) is 4.14. The molecule has 0 saturated heterocycles. The third kappa shape index (κ3) is 2.62. The van der Waals surface area contributed by atoms with Crippen molar-refractivity contribution in [3.8, 4) is 0 Å². The van der Waals surface area contributed by atoms with E-state index < -0.39 is 5.92 Å². The summed E-state index contributed by atoms with van der Waals surface area (Å²) in [6.45, 7) is 1.57. The van der Waals surface area contributed by atoms with Gasteiger partial charge in [-0.15, -0.1) is 0 Å². The van der Waals surface area contributed by atoms with Gasteiger partial charge in [0.15, 0.2) is 5.84 Å². The number of carbonyl (C=O) groups excluding carboxylic acids is 1. The van der Waals surface area contributed by atoms with Crippen LogP contribution in [0.5, 0.6) is 0 Å². The van der Waals surface area contributed by atoms with Crippen LogP contribution in [-0.4, -0.2) is 21.9 Å². The molecule has 1 amide bonds. The normalized spacial score (nSPS) is 13.2. The van der Waals surface area contributed by atoms with E-state index in [-0.39, 0.29) is 11.7 Å². The van der Waals surface area contributed by atoms with Crippen LogP contribution in [0.3, 0.4) is 0 Å². The van der Waals surface area contributed by atoms with Gasteiger partial charge in [0.05, 0.1) is 5.92 Å². The minimum absolute atomic E-state index is 0.126. The molecule has 1 heterocycles. The maximum atomic E-state index is 12.0. The Morgan fingerprint density at radius 2 is 2.26 bits per heavy atom. The number of amides is 1. The predicted molar refractivity (Wildman–Crippen MR) is 72.9 cm³/mol. The first kappa shape index (κ1) is 12.8. The van der Waals surface area contributed by atoms with Gasteiger partial charge in [-0.05, 0) is 19.1 Å². The number of hydrogen-bond acceptors (Lipinski definition) is 4. The zero-order valence-electron chi connectivity index (χ0n) is 10.4. The molecule has 0 bridgehead atoms. The van der Waals surface area contributed by atoms with Crippen molar-refractivity contribution in [3.63, 3.8) is 0 Å². The van der Waals surface area contributed by atoms with Gasteiger partial charge in [0.2, 0.25) is 5.91 Å². The highest BCUT2D eigenvalue weighted by Crippen LogP contribution is 2.22. The minimum atomic E-state index is -0.706. The summed E-state index contributed by atoms with van der Waals surface area (Å²) < 4.78 is 0. The van der Waals surface area contributed by atoms with Crippen molar-refractivity contribution in [2.75, 3.05) is 5.32 Å². The Morgan fingerprint density at radius 3 is 3.00 bits per heavy atom. The first-order valence-electron chi connectivity index (χ1n) is 5.74. The van der Waals surface area contributed by atoms with Gasteiger partial charge >= 0.3 is 0 Å². The summed E-state index contributed by atoms with van der Waals surface area (Å²) in [7, 11) is 0. The molecule has 0 spiro atoms. The number of nitrogens with zero attached hydrogens (tertiary/aromatic N) is 2. The van der Waals surface area contributed by atoms with Gasteiger partial charge in [-0.1, -0.05) is 17.3 Å². The molecule has 19 heavy (non-hydrogen) atoms. The third-order valence-electron chi connectivity index (χ3n) is 2.89. The van der Waals surface area contributed by atoms with E-state index in [0.717, 1.165) is 10.8 Å². The average molecular weight is 258 g/mol. The number of nitrogens with two attached hydrogens (primary N) is 1. The Bertz CT molecular complexity index is 634. The molecule has 1 aromatic carbocycles. The van der Waals surface area contributed by atoms with Crippen LogP contribution in [0.1, 0.15) is 6.92 Å². The molecule has 0 fully saturated rings. The van der Waals surface area contributed by atoms with E-state index in [2.05, 4.69) is 15.5 Å². The quantitative estimate of drug-likeness (QED) is 0.336. The number of benzene rings is 1. The smallest absolute Gasteiger partial charge is 0.234 e. The van der Waals surface area contributed by atoms with Crippen molar-refractivity contribution in [3.05, 3.63) is 36.7 Å². The SMILES string of the molecule is CC(C(=O)Nc1cccc2cnccc12)C(N)=NO. The van der Waals surface area contributed by atoms with E-state index in [1.165, 1.54) is 0 Å². The van der Waals surface area contributed by atoms with Crippen LogP contribution in [0.2, 0.25) is 0 Å². The molecule has 6 heteroatoms. The Labute approximate surface area is 109 Å². The maximum absolute atomic E-state index is 12.0. The van der Waals surface area contributed by atoms with Crippen LogP contribution >= 0.6 is 0 Å². The third-order valence-corrected chi connectivity index (χ3v) is 2.89. The number of oxime groups is 1. The van der Waals surface area contributed by atoms with Crippen molar-refractivity contribution < 1.29 is 10.0 Å². The number of amidine groups is 1. The van der Waals surface area contributed by atoms with Gasteiger partial charge in [0.25, 0.3) is 0 Å². The van der Waals surface area contributed by atoms with E-state index >= 15 is 0 Å². The fourth-order valence-corrected chi connectivity index (χ4v) is 1.69. The summed E-state index contributed by atoms with van der Waals surface area (Å²) in [5.41, 5.74) is 6.08. The zero-order valence-corrected chi connectivity index (χ0v) is 10.4. The Kier molecular flexibility index (Phi) is 3.61. The predicted octanol–water partition coefficient (Wildman–Crippen LogP) is 1.56. The van der Waals surface area contributed by atoms with Crippen molar-refractivity contribution in [2.24, 2.45) is 16.8 Å². The molecular weight excluding hydrogens is 244 g/mol. The number of rotatable bonds is 3. The molecule has 1 atom stereocenters. The molecule has 1 unspecified atom stereocenters. The largest absolute Gasteiger partial charge is 0.409 e. The van der Waals surface area contributed by atoms with E-state index in [0.29, 0.717) is 5.69 Å². The van der Waals surface area contributed by atoms with Crippen LogP contribution < -0.4 is 11.1 Å². The van der Waals surface area contributed by atoms with Crippen molar-refractivity contribution in [1.29, 1.82) is 0 Å². The molecule has 4 N–H and O–H groups in total. The van der Waals surface area contributed by atoms with Crippen LogP contribution in [0.15, 0.2) is 41.8 Å². The van der Waals surface area contributed by atoms with E-state index in [1.54, 1.807) is 25.4 Å². The molecule has 0 aliphatic rings. The summed E-state index contributed by atoms with van der Waals surface area (Å²) in [5, 5.41) is 16.0. The first-order chi connectivity index (χ1) is 9.13. The fourth-order valence-electron chi connectivity index (χ4n) is 1.69. The lowest BCUT2D eigenvalue weighted by Gasteiger charge is -2.12. The van der Waals surface area contributed by atoms with Crippen LogP contribution in [0.25, 0.3) is 10.8 Å². The molecule has 98 valence electrons. The van der Waals surface area contributed by atoms with Crippen molar-refractivity contribution >= 4 is 28.2 Å². The van der Waals surface area contributed by atoms with E-state index in [4.69, 9.17) is 10.9 Å². The van der Waals surface area contributed by atoms with Gasteiger partial charge < -0.3 is 16.3 Å². The lowest BCUT2D eigenvalue weighted by molar-refractivity contribution is -0.117. The monoisotopic (exact) mass is 258 g/mol. The highest BCUT2D eigenvalue weighted by atomic mass is 16.4. The highest BCUT2D eigenvalue weighted by molar-refractivity contribution is 6.10. The molecule has 1 aromatic heterocycles. The topological polar surface area (TPSA) is 101 Å². The number of anilines is 1. The van der Waals surface area contributed by atoms with Gasteiger partial charge in [0.1, 0.15) is 0 Å². The van der Waals surface area contributed by atoms with E-state index in [1.807, 2.05) is 18.2 Å². The summed E-state index contributed by atoms with van der Waals surface area (Å²) in [5.74, 6) is -1.17. The van der Waals surface area contributed by atoms with E-state index in [9.17, 15) is 4.79 Å². The molecule has 0 radical (unpaired) electrons. The number of pyridine rings is 1. The van der Waals surface area contributed by atoms with Gasteiger partial charge in [0, 0.05) is 28.9 Å². The lowest BCUT2D eigenvalue weighted by atomic mass is 10.1. The Morgan fingerprint density at radius 1 is 1.47 bits per heavy atom. The Balaban J connectivity index is 2.29. The van der Waals surface area contributed by atoms with Gasteiger partial charge in [-0.25, -0.2) is 0 Å². The molecular formula is C13H14N4O2.